The van der Waals surface area contributed by atoms with Crippen molar-refractivity contribution in [3.8, 4) is 0 Å². The molecule has 0 aromatic carbocycles. The van der Waals surface area contributed by atoms with Gasteiger partial charge in [0, 0.05) is 18.5 Å². The van der Waals surface area contributed by atoms with Gasteiger partial charge in [0.05, 0.1) is 6.61 Å². The van der Waals surface area contributed by atoms with Gasteiger partial charge in [0.2, 0.25) is 0 Å². The minimum Gasteiger partial charge on any atom is -0.321 e. The van der Waals surface area contributed by atoms with E-state index in [2.05, 4.69) is 32.6 Å². The van der Waals surface area contributed by atoms with Gasteiger partial charge in [0.15, 0.2) is 0 Å². The molecule has 0 aliphatic heterocycles. The minimum atomic E-state index is -2.44. The molecule has 0 aromatic heterocycles. The van der Waals surface area contributed by atoms with Crippen molar-refractivity contribution in [1.29, 1.82) is 0 Å². The van der Waals surface area contributed by atoms with E-state index in [4.69, 9.17) is 4.52 Å². The maximum absolute atomic E-state index is 12.6. The molecule has 3 nitrogen and oxygen atoms in total. The second kappa shape index (κ2) is 12.3. The number of nitrogens with zero attached hydrogens (tertiary/aromatic N) is 1. The molecule has 0 N–H and O–H groups in total. The maximum Gasteiger partial charge on any atom is 0.257 e. The van der Waals surface area contributed by atoms with Crippen LogP contribution in [0.2, 0.25) is 0 Å². The summed E-state index contributed by atoms with van der Waals surface area (Å²) in [5.74, 6) is 0.918. The molecule has 116 valence electrons. The zero-order valence-electron chi connectivity index (χ0n) is 13.2. The Morgan fingerprint density at radius 1 is 0.947 bits per heavy atom. The Hall–Kier alpha value is 0.500. The molecule has 1 unspecified atom stereocenters. The average molecular weight is 309 g/mol. The van der Waals surface area contributed by atoms with Gasteiger partial charge in [-0.05, 0) is 38.8 Å². The van der Waals surface area contributed by atoms with Crippen molar-refractivity contribution in [2.45, 2.75) is 53.4 Å². The first-order valence-corrected chi connectivity index (χ1v) is 11.1. The third-order valence-electron chi connectivity index (χ3n) is 2.76. The van der Waals surface area contributed by atoms with Gasteiger partial charge in [-0.15, -0.1) is 0 Å². The van der Waals surface area contributed by atoms with Crippen molar-refractivity contribution >= 4 is 18.0 Å². The molecule has 0 bridgehead atoms. The van der Waals surface area contributed by atoms with Crippen LogP contribution in [0.3, 0.4) is 0 Å². The predicted molar refractivity (Wildman–Crippen MR) is 88.5 cm³/mol. The third kappa shape index (κ3) is 9.95. The third-order valence-corrected chi connectivity index (χ3v) is 7.69. The highest BCUT2D eigenvalue weighted by atomic mass is 32.7. The fourth-order valence-electron chi connectivity index (χ4n) is 1.95. The largest absolute Gasteiger partial charge is 0.321 e. The smallest absolute Gasteiger partial charge is 0.257 e. The molecule has 0 rings (SSSR count). The van der Waals surface area contributed by atoms with E-state index in [-0.39, 0.29) is 0 Å². The maximum atomic E-state index is 12.6. The summed E-state index contributed by atoms with van der Waals surface area (Å²) in [7, 11) is 0. The molecule has 1 atom stereocenters. The summed E-state index contributed by atoms with van der Waals surface area (Å²) >= 11 is 1.56. The molecule has 0 spiro atoms. The highest BCUT2D eigenvalue weighted by molar-refractivity contribution is 8.56. The van der Waals surface area contributed by atoms with Crippen LogP contribution in [0, 0.1) is 0 Å². The summed E-state index contributed by atoms with van der Waals surface area (Å²) in [6.07, 6.45) is 4.94. The van der Waals surface area contributed by atoms with E-state index in [0.717, 1.165) is 38.2 Å². The normalized spacial score (nSPS) is 14.8. The zero-order chi connectivity index (χ0) is 14.6. The van der Waals surface area contributed by atoms with Gasteiger partial charge in [-0.3, -0.25) is 4.57 Å². The van der Waals surface area contributed by atoms with E-state index < -0.39 is 6.57 Å². The number of hydrogen-bond acceptors (Lipinski definition) is 4. The highest BCUT2D eigenvalue weighted by Crippen LogP contribution is 2.59. The van der Waals surface area contributed by atoms with E-state index in [0.29, 0.717) is 12.8 Å². The Balaban J connectivity index is 4.11. The van der Waals surface area contributed by atoms with E-state index in [1.807, 2.05) is 0 Å². The van der Waals surface area contributed by atoms with Gasteiger partial charge in [-0.2, -0.15) is 0 Å². The summed E-state index contributed by atoms with van der Waals surface area (Å²) in [6, 6.07) is 0. The van der Waals surface area contributed by atoms with Crippen LogP contribution in [0.5, 0.6) is 0 Å². The van der Waals surface area contributed by atoms with Crippen molar-refractivity contribution in [2.75, 3.05) is 38.2 Å². The Bertz CT molecular complexity index is 246. The molecule has 0 aromatic rings. The zero-order valence-corrected chi connectivity index (χ0v) is 14.9. The Kier molecular flexibility index (Phi) is 12.6. The van der Waals surface area contributed by atoms with Gasteiger partial charge >= 0.3 is 0 Å². The summed E-state index contributed by atoms with van der Waals surface area (Å²) in [6.45, 7) is 10.0. The topological polar surface area (TPSA) is 29.5 Å². The average Bonchev–Trinajstić information content (AvgIpc) is 2.37. The Labute approximate surface area is 124 Å². The van der Waals surface area contributed by atoms with E-state index >= 15 is 0 Å². The molecule has 5 heteroatoms. The molecule has 0 aliphatic rings. The SMILES string of the molecule is CCCOP(=O)(CCC)SCCN(CCC)CCC. The Morgan fingerprint density at radius 2 is 1.58 bits per heavy atom. The minimum absolute atomic E-state index is 0.623. The molecule has 0 fully saturated rings. The predicted octanol–water partition coefficient (Wildman–Crippen LogP) is 4.87. The first-order chi connectivity index (χ1) is 9.11. The molecule has 0 saturated carbocycles. The summed E-state index contributed by atoms with van der Waals surface area (Å²) < 4.78 is 18.2. The molecule has 0 saturated heterocycles. The standard InChI is InChI=1S/C14H32NO2PS/c1-5-9-15(10-6-2)11-14-19-18(16,13-8-4)17-12-7-3/h5-14H2,1-4H3. The van der Waals surface area contributed by atoms with E-state index in [1.165, 1.54) is 12.8 Å². The molecule has 19 heavy (non-hydrogen) atoms. The highest BCUT2D eigenvalue weighted by Gasteiger charge is 2.22. The van der Waals surface area contributed by atoms with Crippen LogP contribution >= 0.6 is 18.0 Å². The molecule has 0 radical (unpaired) electrons. The van der Waals surface area contributed by atoms with Crippen LogP contribution in [0.25, 0.3) is 0 Å². The second-order valence-electron chi connectivity index (χ2n) is 4.84. The molecule has 0 heterocycles. The van der Waals surface area contributed by atoms with Gasteiger partial charge in [-0.25, -0.2) is 0 Å². The quantitative estimate of drug-likeness (QED) is 0.454. The summed E-state index contributed by atoms with van der Waals surface area (Å²) in [5.41, 5.74) is 0. The Morgan fingerprint density at radius 3 is 2.05 bits per heavy atom. The fourth-order valence-corrected chi connectivity index (χ4v) is 6.37. The van der Waals surface area contributed by atoms with Gasteiger partial charge in [0.25, 0.3) is 6.57 Å². The number of rotatable bonds is 13. The van der Waals surface area contributed by atoms with Crippen molar-refractivity contribution < 1.29 is 9.09 Å². The van der Waals surface area contributed by atoms with E-state index in [1.54, 1.807) is 11.4 Å². The van der Waals surface area contributed by atoms with Crippen molar-refractivity contribution in [3.05, 3.63) is 0 Å². The first-order valence-electron chi connectivity index (χ1n) is 7.72. The second-order valence-corrected chi connectivity index (χ2v) is 9.88. The lowest BCUT2D eigenvalue weighted by molar-refractivity contribution is 0.291. The van der Waals surface area contributed by atoms with Gasteiger partial charge in [0.1, 0.15) is 0 Å². The fraction of sp³-hybridized carbons (Fsp3) is 1.00. The van der Waals surface area contributed by atoms with Crippen LogP contribution in [0.15, 0.2) is 0 Å². The van der Waals surface area contributed by atoms with Crippen LogP contribution in [0.1, 0.15) is 53.4 Å². The molecule has 0 amide bonds. The van der Waals surface area contributed by atoms with Crippen LogP contribution < -0.4 is 0 Å². The molecular formula is C14H32NO2PS. The van der Waals surface area contributed by atoms with Crippen LogP contribution in [0.4, 0.5) is 0 Å². The monoisotopic (exact) mass is 309 g/mol. The summed E-state index contributed by atoms with van der Waals surface area (Å²) in [5, 5.41) is 0. The van der Waals surface area contributed by atoms with Crippen molar-refractivity contribution in [2.24, 2.45) is 0 Å². The van der Waals surface area contributed by atoms with Gasteiger partial charge in [-0.1, -0.05) is 39.1 Å². The number of hydrogen-bond donors (Lipinski definition) is 0. The van der Waals surface area contributed by atoms with Crippen LogP contribution in [-0.2, 0) is 9.09 Å². The van der Waals surface area contributed by atoms with Crippen molar-refractivity contribution in [3.63, 3.8) is 0 Å². The van der Waals surface area contributed by atoms with Gasteiger partial charge < -0.3 is 9.42 Å². The molecular weight excluding hydrogens is 277 g/mol. The van der Waals surface area contributed by atoms with Crippen LogP contribution in [-0.4, -0.2) is 43.1 Å². The molecule has 0 aliphatic carbocycles. The van der Waals surface area contributed by atoms with Crippen molar-refractivity contribution in [1.82, 2.24) is 4.90 Å². The van der Waals surface area contributed by atoms with E-state index in [9.17, 15) is 4.57 Å². The lowest BCUT2D eigenvalue weighted by Gasteiger charge is -2.22. The summed E-state index contributed by atoms with van der Waals surface area (Å²) in [4.78, 5) is 2.46. The lowest BCUT2D eigenvalue weighted by atomic mass is 10.3. The lowest BCUT2D eigenvalue weighted by Crippen LogP contribution is -2.27. The first kappa shape index (κ1) is 19.5.